The Balaban J connectivity index is 2.25. The number of carbonyl (C=O) groups is 1. The summed E-state index contributed by atoms with van der Waals surface area (Å²) in [5.74, 6) is -0.0251. The number of nitrogens with zero attached hydrogens (tertiary/aromatic N) is 2. The molecule has 0 unspecified atom stereocenters. The van der Waals surface area contributed by atoms with E-state index in [0.29, 0.717) is 42.8 Å². The zero-order valence-corrected chi connectivity index (χ0v) is 14.2. The predicted octanol–water partition coefficient (Wildman–Crippen LogP) is 1.27. The van der Waals surface area contributed by atoms with E-state index in [4.69, 9.17) is 5.73 Å². The molecule has 2 N–H and O–H groups in total. The van der Waals surface area contributed by atoms with E-state index in [0.717, 1.165) is 0 Å². The van der Waals surface area contributed by atoms with E-state index in [1.807, 2.05) is 0 Å². The Bertz CT molecular complexity index is 648. The van der Waals surface area contributed by atoms with Gasteiger partial charge in [-0.25, -0.2) is 8.42 Å². The molecule has 0 atom stereocenters. The molecule has 1 aromatic rings. The fraction of sp³-hybridized carbons (Fsp3) is 0.462. The summed E-state index contributed by atoms with van der Waals surface area (Å²) in [6.45, 7) is 3.22. The Morgan fingerprint density at radius 1 is 1.24 bits per heavy atom. The van der Waals surface area contributed by atoms with Gasteiger partial charge in [0.05, 0.1) is 4.90 Å². The van der Waals surface area contributed by atoms with Gasteiger partial charge in [0, 0.05) is 43.3 Å². The fourth-order valence-electron chi connectivity index (χ4n) is 2.31. The topological polar surface area (TPSA) is 83.7 Å². The van der Waals surface area contributed by atoms with Crippen LogP contribution in [0.1, 0.15) is 13.3 Å². The first-order chi connectivity index (χ1) is 9.82. The van der Waals surface area contributed by atoms with Crippen molar-refractivity contribution in [2.75, 3.05) is 31.9 Å². The molecule has 0 aromatic heterocycles. The Labute approximate surface area is 133 Å². The summed E-state index contributed by atoms with van der Waals surface area (Å²) in [5.41, 5.74) is 6.14. The minimum absolute atomic E-state index is 0.0251. The molecule has 1 saturated heterocycles. The van der Waals surface area contributed by atoms with Crippen LogP contribution >= 0.6 is 15.9 Å². The summed E-state index contributed by atoms with van der Waals surface area (Å²) < 4.78 is 27.3. The molecule has 0 spiro atoms. The Morgan fingerprint density at radius 3 is 2.57 bits per heavy atom. The molecule has 1 aliphatic rings. The van der Waals surface area contributed by atoms with Crippen molar-refractivity contribution in [1.29, 1.82) is 0 Å². The number of benzene rings is 1. The van der Waals surface area contributed by atoms with Crippen molar-refractivity contribution in [1.82, 2.24) is 9.21 Å². The second kappa shape index (κ2) is 6.33. The fourth-order valence-corrected chi connectivity index (χ4v) is 4.84. The number of sulfonamides is 1. The molecule has 1 aliphatic heterocycles. The van der Waals surface area contributed by atoms with E-state index in [1.165, 1.54) is 17.3 Å². The summed E-state index contributed by atoms with van der Waals surface area (Å²) in [4.78, 5) is 13.3. The molecule has 1 aromatic carbocycles. The first kappa shape index (κ1) is 16.3. The van der Waals surface area contributed by atoms with Crippen LogP contribution in [-0.4, -0.2) is 49.7 Å². The molecule has 8 heteroatoms. The summed E-state index contributed by atoms with van der Waals surface area (Å²) in [6, 6.07) is 4.65. The van der Waals surface area contributed by atoms with E-state index in [1.54, 1.807) is 17.0 Å². The van der Waals surface area contributed by atoms with Crippen molar-refractivity contribution >= 4 is 37.5 Å². The summed E-state index contributed by atoms with van der Waals surface area (Å²) in [6.07, 6.45) is 0.630. The zero-order chi connectivity index (χ0) is 15.6. The zero-order valence-electron chi connectivity index (χ0n) is 11.8. The highest BCUT2D eigenvalue weighted by molar-refractivity contribution is 9.10. The number of carbonyl (C=O) groups excluding carboxylic acids is 1. The minimum Gasteiger partial charge on any atom is -0.399 e. The lowest BCUT2D eigenvalue weighted by molar-refractivity contribution is -0.128. The Kier molecular flexibility index (Phi) is 4.90. The van der Waals surface area contributed by atoms with E-state index in [-0.39, 0.29) is 10.8 Å². The van der Waals surface area contributed by atoms with E-state index in [9.17, 15) is 13.2 Å². The van der Waals surface area contributed by atoms with Crippen LogP contribution in [0.4, 0.5) is 5.69 Å². The molecule has 1 fully saturated rings. The van der Waals surface area contributed by atoms with E-state index < -0.39 is 10.0 Å². The van der Waals surface area contributed by atoms with Gasteiger partial charge >= 0.3 is 0 Å². The molecule has 116 valence electrons. The van der Waals surface area contributed by atoms with Crippen molar-refractivity contribution in [2.45, 2.75) is 18.2 Å². The van der Waals surface area contributed by atoms with Crippen molar-refractivity contribution in [3.8, 4) is 0 Å². The Morgan fingerprint density at radius 2 is 1.95 bits per heavy atom. The quantitative estimate of drug-likeness (QED) is 0.788. The van der Waals surface area contributed by atoms with E-state index in [2.05, 4.69) is 15.9 Å². The second-order valence-corrected chi connectivity index (χ2v) is 7.71. The lowest BCUT2D eigenvalue weighted by Gasteiger charge is -2.21. The number of hydrogen-bond donors (Lipinski definition) is 1. The standard InChI is InChI=1S/C13H18BrN3O3S/c1-10(18)16-5-2-6-17(8-7-16)21(19,20)13-4-3-11(15)9-12(13)14/h3-4,9H,2,5-8,15H2,1H3. The minimum atomic E-state index is -3.59. The molecule has 6 nitrogen and oxygen atoms in total. The molecule has 1 heterocycles. The van der Waals surface area contributed by atoms with Crippen LogP contribution in [-0.2, 0) is 14.8 Å². The van der Waals surface area contributed by atoms with Crippen LogP contribution in [0.15, 0.2) is 27.6 Å². The molecular weight excluding hydrogens is 358 g/mol. The first-order valence-corrected chi connectivity index (χ1v) is 8.86. The summed E-state index contributed by atoms with van der Waals surface area (Å²) in [7, 11) is -3.59. The molecule has 0 radical (unpaired) electrons. The SMILES string of the molecule is CC(=O)N1CCCN(S(=O)(=O)c2ccc(N)cc2Br)CC1. The maximum atomic E-state index is 12.7. The summed E-state index contributed by atoms with van der Waals surface area (Å²) in [5, 5.41) is 0. The lowest BCUT2D eigenvalue weighted by Crippen LogP contribution is -2.36. The molecule has 21 heavy (non-hydrogen) atoms. The highest BCUT2D eigenvalue weighted by Gasteiger charge is 2.29. The molecule has 1 amide bonds. The van der Waals surface area contributed by atoms with Crippen LogP contribution in [0.2, 0.25) is 0 Å². The number of anilines is 1. The maximum absolute atomic E-state index is 12.7. The largest absolute Gasteiger partial charge is 0.399 e. The number of hydrogen-bond acceptors (Lipinski definition) is 4. The van der Waals surface area contributed by atoms with Gasteiger partial charge in [0.1, 0.15) is 0 Å². The number of nitrogens with two attached hydrogens (primary N) is 1. The number of rotatable bonds is 2. The van der Waals surface area contributed by atoms with Gasteiger partial charge < -0.3 is 10.6 Å². The smallest absolute Gasteiger partial charge is 0.244 e. The average Bonchev–Trinajstić information content (AvgIpc) is 2.64. The van der Waals surface area contributed by atoms with Crippen molar-refractivity contribution in [3.63, 3.8) is 0 Å². The van der Waals surface area contributed by atoms with Gasteiger partial charge in [-0.2, -0.15) is 4.31 Å². The molecule has 0 bridgehead atoms. The van der Waals surface area contributed by atoms with Gasteiger partial charge in [0.2, 0.25) is 15.9 Å². The van der Waals surface area contributed by atoms with Crippen molar-refractivity contribution < 1.29 is 13.2 Å². The number of amides is 1. The third kappa shape index (κ3) is 3.56. The third-order valence-corrected chi connectivity index (χ3v) is 6.35. The molecular formula is C13H18BrN3O3S. The Hall–Kier alpha value is -1.12. The van der Waals surface area contributed by atoms with Crippen LogP contribution in [0.3, 0.4) is 0 Å². The summed E-state index contributed by atoms with van der Waals surface area (Å²) >= 11 is 3.25. The average molecular weight is 376 g/mol. The van der Waals surface area contributed by atoms with Gasteiger partial charge in [0.15, 0.2) is 0 Å². The van der Waals surface area contributed by atoms with Gasteiger partial charge in [0.25, 0.3) is 0 Å². The number of halogens is 1. The van der Waals surface area contributed by atoms with Crippen LogP contribution in [0.5, 0.6) is 0 Å². The highest BCUT2D eigenvalue weighted by Crippen LogP contribution is 2.27. The van der Waals surface area contributed by atoms with E-state index >= 15 is 0 Å². The highest BCUT2D eigenvalue weighted by atomic mass is 79.9. The van der Waals surface area contributed by atoms with Crippen LogP contribution < -0.4 is 5.73 Å². The van der Waals surface area contributed by atoms with Crippen LogP contribution in [0, 0.1) is 0 Å². The third-order valence-electron chi connectivity index (χ3n) is 3.47. The van der Waals surface area contributed by atoms with Crippen LogP contribution in [0.25, 0.3) is 0 Å². The monoisotopic (exact) mass is 375 g/mol. The normalized spacial score (nSPS) is 17.5. The second-order valence-electron chi connectivity index (χ2n) is 4.95. The number of nitrogen functional groups attached to an aromatic ring is 1. The predicted molar refractivity (Wildman–Crippen MR) is 84.2 cm³/mol. The van der Waals surface area contributed by atoms with Gasteiger partial charge in [-0.1, -0.05) is 0 Å². The van der Waals surface area contributed by atoms with Crippen molar-refractivity contribution in [3.05, 3.63) is 22.7 Å². The van der Waals surface area contributed by atoms with Gasteiger partial charge in [-0.05, 0) is 40.5 Å². The van der Waals surface area contributed by atoms with Gasteiger partial charge in [-0.3, -0.25) is 4.79 Å². The lowest BCUT2D eigenvalue weighted by atomic mass is 10.3. The molecule has 0 aliphatic carbocycles. The maximum Gasteiger partial charge on any atom is 0.244 e. The van der Waals surface area contributed by atoms with Gasteiger partial charge in [-0.15, -0.1) is 0 Å². The van der Waals surface area contributed by atoms with Crippen molar-refractivity contribution in [2.24, 2.45) is 0 Å². The first-order valence-electron chi connectivity index (χ1n) is 6.63. The molecule has 2 rings (SSSR count). The molecule has 0 saturated carbocycles.